The van der Waals surface area contributed by atoms with Crippen LogP contribution in [0, 0.1) is 17.7 Å². The first-order valence-electron chi connectivity index (χ1n) is 12.4. The van der Waals surface area contributed by atoms with E-state index in [4.69, 9.17) is 4.74 Å². The Bertz CT molecular complexity index is 769. The van der Waals surface area contributed by atoms with Gasteiger partial charge in [0.2, 0.25) is 0 Å². The highest BCUT2D eigenvalue weighted by molar-refractivity contribution is 5.62. The summed E-state index contributed by atoms with van der Waals surface area (Å²) in [6.45, 7) is 5.13. The monoisotopic (exact) mass is 426 g/mol. The number of nitrogens with zero attached hydrogens (tertiary/aromatic N) is 2. The molecular formula is C27H39FN2O. The van der Waals surface area contributed by atoms with E-state index in [2.05, 4.69) is 23.8 Å². The molecule has 1 aliphatic rings. The van der Waals surface area contributed by atoms with Crippen LogP contribution in [0.3, 0.4) is 0 Å². The summed E-state index contributed by atoms with van der Waals surface area (Å²) in [7, 11) is 0. The molecule has 0 saturated heterocycles. The van der Waals surface area contributed by atoms with E-state index in [1.54, 1.807) is 18.5 Å². The van der Waals surface area contributed by atoms with E-state index >= 15 is 0 Å². The quantitative estimate of drug-likeness (QED) is 0.325. The summed E-state index contributed by atoms with van der Waals surface area (Å²) in [5, 5.41) is 0. The van der Waals surface area contributed by atoms with Gasteiger partial charge in [0, 0.05) is 18.0 Å². The van der Waals surface area contributed by atoms with Crippen molar-refractivity contribution in [2.75, 3.05) is 6.61 Å². The van der Waals surface area contributed by atoms with Crippen molar-refractivity contribution < 1.29 is 9.13 Å². The van der Waals surface area contributed by atoms with E-state index < -0.39 is 0 Å². The number of hydrogen-bond donors (Lipinski definition) is 0. The van der Waals surface area contributed by atoms with Crippen molar-refractivity contribution in [3.8, 4) is 17.1 Å². The van der Waals surface area contributed by atoms with Gasteiger partial charge >= 0.3 is 6.01 Å². The van der Waals surface area contributed by atoms with Gasteiger partial charge in [-0.05, 0) is 54.7 Å². The maximum Gasteiger partial charge on any atom is 0.316 e. The molecule has 0 radical (unpaired) electrons. The highest BCUT2D eigenvalue weighted by Crippen LogP contribution is 2.32. The van der Waals surface area contributed by atoms with Crippen molar-refractivity contribution >= 4 is 0 Å². The van der Waals surface area contributed by atoms with E-state index in [1.165, 1.54) is 51.4 Å². The van der Waals surface area contributed by atoms with Gasteiger partial charge in [-0.1, -0.05) is 77.3 Å². The Morgan fingerprint density at radius 1 is 0.871 bits per heavy atom. The van der Waals surface area contributed by atoms with Gasteiger partial charge in [0.25, 0.3) is 0 Å². The topological polar surface area (TPSA) is 35.0 Å². The Balaban J connectivity index is 1.45. The average Bonchev–Trinajstić information content (AvgIpc) is 2.80. The molecule has 0 amide bonds. The van der Waals surface area contributed by atoms with E-state index in [0.717, 1.165) is 48.3 Å². The molecule has 0 aliphatic heterocycles. The maximum absolute atomic E-state index is 14.4. The molecule has 1 fully saturated rings. The predicted molar refractivity (Wildman–Crippen MR) is 126 cm³/mol. The Morgan fingerprint density at radius 3 is 2.23 bits per heavy atom. The molecule has 0 N–H and O–H groups in total. The SMILES string of the molecule is CCCCCc1ccc(-c2cnc(OC[C@H]3CC[C@H](CCCCC)CC3)nc2)cc1F. The number of hydrogen-bond acceptors (Lipinski definition) is 3. The zero-order valence-corrected chi connectivity index (χ0v) is 19.4. The van der Waals surface area contributed by atoms with Crippen molar-refractivity contribution in [1.29, 1.82) is 0 Å². The summed E-state index contributed by atoms with van der Waals surface area (Å²) in [4.78, 5) is 8.72. The minimum absolute atomic E-state index is 0.140. The fraction of sp³-hybridized carbons (Fsp3) is 0.630. The first-order valence-corrected chi connectivity index (χ1v) is 12.4. The van der Waals surface area contributed by atoms with Crippen molar-refractivity contribution in [2.45, 2.75) is 90.9 Å². The van der Waals surface area contributed by atoms with Gasteiger partial charge in [-0.3, -0.25) is 0 Å². The molecule has 3 rings (SSSR count). The Kier molecular flexibility index (Phi) is 9.77. The molecule has 170 valence electrons. The van der Waals surface area contributed by atoms with Crippen molar-refractivity contribution in [3.63, 3.8) is 0 Å². The zero-order chi connectivity index (χ0) is 21.9. The maximum atomic E-state index is 14.4. The molecular weight excluding hydrogens is 387 g/mol. The average molecular weight is 427 g/mol. The number of rotatable bonds is 12. The lowest BCUT2D eigenvalue weighted by atomic mass is 9.80. The molecule has 0 bridgehead atoms. The molecule has 2 aromatic rings. The van der Waals surface area contributed by atoms with Crippen LogP contribution in [0.4, 0.5) is 4.39 Å². The Morgan fingerprint density at radius 2 is 1.55 bits per heavy atom. The molecule has 3 nitrogen and oxygen atoms in total. The molecule has 1 aliphatic carbocycles. The lowest BCUT2D eigenvalue weighted by Crippen LogP contribution is -2.20. The predicted octanol–water partition coefficient (Wildman–Crippen LogP) is 7.78. The van der Waals surface area contributed by atoms with Crippen LogP contribution < -0.4 is 4.74 Å². The normalized spacial score (nSPS) is 18.8. The molecule has 0 spiro atoms. The fourth-order valence-corrected chi connectivity index (χ4v) is 4.60. The van der Waals surface area contributed by atoms with Crippen molar-refractivity contribution in [2.24, 2.45) is 11.8 Å². The van der Waals surface area contributed by atoms with Crippen LogP contribution in [0.25, 0.3) is 11.1 Å². The fourth-order valence-electron chi connectivity index (χ4n) is 4.60. The second kappa shape index (κ2) is 12.8. The smallest absolute Gasteiger partial charge is 0.316 e. The second-order valence-electron chi connectivity index (χ2n) is 9.21. The highest BCUT2D eigenvalue weighted by Gasteiger charge is 2.21. The lowest BCUT2D eigenvalue weighted by Gasteiger charge is -2.28. The number of unbranched alkanes of at least 4 members (excludes halogenated alkanes) is 4. The summed E-state index contributed by atoms with van der Waals surface area (Å²) < 4.78 is 20.3. The standard InChI is InChI=1S/C27H39FN2O/c1-3-5-7-9-21-11-13-22(14-12-21)20-31-27-29-18-25(19-30-27)24-16-15-23(26(28)17-24)10-8-6-4-2/h15-19,21-22H,3-14,20H2,1-2H3/t21-,22-. The summed E-state index contributed by atoms with van der Waals surface area (Å²) in [5.41, 5.74) is 2.42. The molecule has 1 heterocycles. The van der Waals surface area contributed by atoms with Gasteiger partial charge in [0.15, 0.2) is 0 Å². The van der Waals surface area contributed by atoms with Gasteiger partial charge in [0.05, 0.1) is 6.61 Å². The van der Waals surface area contributed by atoms with E-state index in [9.17, 15) is 4.39 Å². The molecule has 0 atom stereocenters. The third kappa shape index (κ3) is 7.59. The molecule has 1 saturated carbocycles. The first kappa shape index (κ1) is 23.7. The summed E-state index contributed by atoms with van der Waals surface area (Å²) in [6, 6.07) is 5.87. The summed E-state index contributed by atoms with van der Waals surface area (Å²) in [5.74, 6) is 1.39. The number of benzene rings is 1. The van der Waals surface area contributed by atoms with Gasteiger partial charge in [0.1, 0.15) is 5.82 Å². The van der Waals surface area contributed by atoms with Gasteiger partial charge in [-0.2, -0.15) is 0 Å². The first-order chi connectivity index (χ1) is 15.2. The minimum Gasteiger partial charge on any atom is -0.463 e. The van der Waals surface area contributed by atoms with Gasteiger partial charge in [-0.25, -0.2) is 14.4 Å². The van der Waals surface area contributed by atoms with Crippen molar-refractivity contribution in [1.82, 2.24) is 9.97 Å². The van der Waals surface area contributed by atoms with Crippen LogP contribution in [0.15, 0.2) is 30.6 Å². The van der Waals surface area contributed by atoms with Crippen LogP contribution in [-0.4, -0.2) is 16.6 Å². The molecule has 31 heavy (non-hydrogen) atoms. The van der Waals surface area contributed by atoms with Crippen LogP contribution in [0.2, 0.25) is 0 Å². The van der Waals surface area contributed by atoms with Crippen molar-refractivity contribution in [3.05, 3.63) is 42.0 Å². The van der Waals surface area contributed by atoms with Crippen LogP contribution >= 0.6 is 0 Å². The number of ether oxygens (including phenoxy) is 1. The number of halogens is 1. The lowest BCUT2D eigenvalue weighted by molar-refractivity contribution is 0.169. The molecule has 1 aromatic carbocycles. The van der Waals surface area contributed by atoms with Gasteiger partial charge in [-0.15, -0.1) is 0 Å². The number of aromatic nitrogens is 2. The number of aryl methyl sites for hydroxylation is 1. The Hall–Kier alpha value is -1.97. The van der Waals surface area contributed by atoms with Crippen LogP contribution in [0.5, 0.6) is 6.01 Å². The van der Waals surface area contributed by atoms with Crippen LogP contribution in [0.1, 0.15) is 90.0 Å². The van der Waals surface area contributed by atoms with Gasteiger partial charge < -0.3 is 4.74 Å². The van der Waals surface area contributed by atoms with E-state index in [-0.39, 0.29) is 5.82 Å². The van der Waals surface area contributed by atoms with Crippen LogP contribution in [-0.2, 0) is 6.42 Å². The zero-order valence-electron chi connectivity index (χ0n) is 19.4. The van der Waals surface area contributed by atoms with E-state index in [1.807, 2.05) is 12.1 Å². The summed E-state index contributed by atoms with van der Waals surface area (Å²) >= 11 is 0. The minimum atomic E-state index is -0.140. The van der Waals surface area contributed by atoms with E-state index in [0.29, 0.717) is 18.5 Å². The molecule has 4 heteroatoms. The second-order valence-corrected chi connectivity index (χ2v) is 9.21. The largest absolute Gasteiger partial charge is 0.463 e. The summed E-state index contributed by atoms with van der Waals surface area (Å²) in [6.07, 6.45) is 18.2. The molecule has 0 unspecified atom stereocenters. The third-order valence-electron chi connectivity index (χ3n) is 6.69. The Labute approximate surface area is 187 Å². The third-order valence-corrected chi connectivity index (χ3v) is 6.69. The molecule has 1 aromatic heterocycles. The highest BCUT2D eigenvalue weighted by atomic mass is 19.1.